The number of nitrogens with zero attached hydrogens (tertiary/aromatic N) is 1. The molecule has 0 radical (unpaired) electrons. The highest BCUT2D eigenvalue weighted by molar-refractivity contribution is 5.78. The molecule has 2 aromatic rings. The molecule has 2 aromatic carbocycles. The van der Waals surface area contributed by atoms with E-state index < -0.39 is 0 Å². The molecule has 0 saturated heterocycles. The third kappa shape index (κ3) is 4.94. The summed E-state index contributed by atoms with van der Waals surface area (Å²) >= 11 is 0. The SMILES string of the molecule is CC.Cc1ccccc1-c1ccc(CN(C)C(=O)C2CCCC2)cc1. The molecule has 2 nitrogen and oxygen atoms in total. The van der Waals surface area contributed by atoms with Crippen LogP contribution in [0.15, 0.2) is 48.5 Å². The fourth-order valence-corrected chi connectivity index (χ4v) is 3.52. The van der Waals surface area contributed by atoms with Gasteiger partial charge in [-0.3, -0.25) is 4.79 Å². The largest absolute Gasteiger partial charge is 0.341 e. The Balaban J connectivity index is 0.00000109. The van der Waals surface area contributed by atoms with E-state index in [-0.39, 0.29) is 5.92 Å². The predicted molar refractivity (Wildman–Crippen MR) is 106 cm³/mol. The maximum absolute atomic E-state index is 12.4. The molecule has 2 heteroatoms. The number of rotatable bonds is 4. The molecule has 0 heterocycles. The van der Waals surface area contributed by atoms with Crippen molar-refractivity contribution in [1.82, 2.24) is 4.90 Å². The van der Waals surface area contributed by atoms with Crippen molar-refractivity contribution in [2.24, 2.45) is 5.92 Å². The number of amides is 1. The van der Waals surface area contributed by atoms with Crippen LogP contribution in [0, 0.1) is 12.8 Å². The molecule has 0 spiro atoms. The fourth-order valence-electron chi connectivity index (χ4n) is 3.52. The first-order chi connectivity index (χ1) is 12.1. The number of carbonyl (C=O) groups excluding carboxylic acids is 1. The zero-order valence-electron chi connectivity index (χ0n) is 16.1. The van der Waals surface area contributed by atoms with Gasteiger partial charge in [0.05, 0.1) is 0 Å². The van der Waals surface area contributed by atoms with E-state index in [0.29, 0.717) is 12.5 Å². The molecule has 25 heavy (non-hydrogen) atoms. The van der Waals surface area contributed by atoms with Crippen LogP contribution in [-0.4, -0.2) is 17.9 Å². The lowest BCUT2D eigenvalue weighted by molar-refractivity contribution is -0.134. The summed E-state index contributed by atoms with van der Waals surface area (Å²) in [6, 6.07) is 17.0. The predicted octanol–water partition coefficient (Wildman–Crippen LogP) is 5.84. The molecule has 0 aromatic heterocycles. The number of benzene rings is 2. The van der Waals surface area contributed by atoms with Crippen LogP contribution in [-0.2, 0) is 11.3 Å². The van der Waals surface area contributed by atoms with Crippen molar-refractivity contribution in [2.75, 3.05) is 7.05 Å². The van der Waals surface area contributed by atoms with Gasteiger partial charge in [0.2, 0.25) is 5.91 Å². The summed E-state index contributed by atoms with van der Waals surface area (Å²) in [6.45, 7) is 6.83. The molecule has 1 aliphatic carbocycles. The summed E-state index contributed by atoms with van der Waals surface area (Å²) in [5.41, 5.74) is 4.98. The highest BCUT2D eigenvalue weighted by Gasteiger charge is 2.25. The molecule has 0 unspecified atom stereocenters. The standard InChI is InChI=1S/C21H25NO.C2H6/c1-16-7-3-6-10-20(16)18-13-11-17(12-14-18)15-22(2)21(23)19-8-4-5-9-19;1-2/h3,6-7,10-14,19H,4-5,8-9,15H2,1-2H3;1-2H3. The van der Waals surface area contributed by atoms with Crippen LogP contribution in [0.5, 0.6) is 0 Å². The molecular weight excluding hydrogens is 306 g/mol. The molecule has 0 aliphatic heterocycles. The molecule has 0 atom stereocenters. The van der Waals surface area contributed by atoms with Crippen LogP contribution < -0.4 is 0 Å². The molecule has 0 bridgehead atoms. The van der Waals surface area contributed by atoms with E-state index in [4.69, 9.17) is 0 Å². The van der Waals surface area contributed by atoms with Crippen LogP contribution >= 0.6 is 0 Å². The number of hydrogen-bond donors (Lipinski definition) is 0. The van der Waals surface area contributed by atoms with Crippen molar-refractivity contribution < 1.29 is 4.79 Å². The first kappa shape index (κ1) is 19.2. The zero-order valence-corrected chi connectivity index (χ0v) is 16.1. The summed E-state index contributed by atoms with van der Waals surface area (Å²) in [5, 5.41) is 0. The molecule has 1 aliphatic rings. The Morgan fingerprint density at radius 2 is 1.60 bits per heavy atom. The summed E-state index contributed by atoms with van der Waals surface area (Å²) in [5.74, 6) is 0.566. The molecule has 3 rings (SSSR count). The Kier molecular flexibility index (Phi) is 7.24. The summed E-state index contributed by atoms with van der Waals surface area (Å²) in [7, 11) is 1.93. The number of hydrogen-bond acceptors (Lipinski definition) is 1. The fraction of sp³-hybridized carbons (Fsp3) is 0.435. The lowest BCUT2D eigenvalue weighted by atomic mass is 9.99. The van der Waals surface area contributed by atoms with E-state index in [2.05, 4.69) is 55.5 Å². The maximum Gasteiger partial charge on any atom is 0.225 e. The van der Waals surface area contributed by atoms with Gasteiger partial charge in [-0.15, -0.1) is 0 Å². The molecular formula is C23H31NO. The second-order valence-electron chi connectivity index (χ2n) is 6.69. The first-order valence-corrected chi connectivity index (χ1v) is 9.55. The van der Waals surface area contributed by atoms with E-state index in [0.717, 1.165) is 12.8 Å². The van der Waals surface area contributed by atoms with Crippen LogP contribution in [0.1, 0.15) is 50.7 Å². The minimum Gasteiger partial charge on any atom is -0.341 e. The van der Waals surface area contributed by atoms with Gasteiger partial charge in [0.15, 0.2) is 0 Å². The third-order valence-electron chi connectivity index (χ3n) is 4.91. The zero-order chi connectivity index (χ0) is 18.2. The molecule has 1 saturated carbocycles. The maximum atomic E-state index is 12.4. The summed E-state index contributed by atoms with van der Waals surface area (Å²) in [4.78, 5) is 14.3. The topological polar surface area (TPSA) is 20.3 Å². The molecule has 1 amide bonds. The lowest BCUT2D eigenvalue weighted by Gasteiger charge is -2.21. The van der Waals surface area contributed by atoms with Gasteiger partial charge >= 0.3 is 0 Å². The summed E-state index contributed by atoms with van der Waals surface area (Å²) < 4.78 is 0. The van der Waals surface area contributed by atoms with Gasteiger partial charge in [-0.05, 0) is 42.0 Å². The van der Waals surface area contributed by atoms with Crippen LogP contribution in [0.4, 0.5) is 0 Å². The van der Waals surface area contributed by atoms with Crippen LogP contribution in [0.3, 0.4) is 0 Å². The van der Waals surface area contributed by atoms with Crippen molar-refractivity contribution >= 4 is 5.91 Å². The minimum absolute atomic E-state index is 0.256. The average Bonchev–Trinajstić information content (AvgIpc) is 3.18. The average molecular weight is 338 g/mol. The molecule has 0 N–H and O–H groups in total. The minimum atomic E-state index is 0.256. The second-order valence-corrected chi connectivity index (χ2v) is 6.69. The van der Waals surface area contributed by atoms with E-state index in [1.54, 1.807) is 0 Å². The Morgan fingerprint density at radius 1 is 1.00 bits per heavy atom. The van der Waals surface area contributed by atoms with Gasteiger partial charge in [-0.25, -0.2) is 0 Å². The molecule has 134 valence electrons. The van der Waals surface area contributed by atoms with E-state index in [9.17, 15) is 4.79 Å². The van der Waals surface area contributed by atoms with E-state index in [1.807, 2.05) is 25.8 Å². The number of carbonyl (C=O) groups is 1. The van der Waals surface area contributed by atoms with Crippen LogP contribution in [0.25, 0.3) is 11.1 Å². The Hall–Kier alpha value is -2.09. The lowest BCUT2D eigenvalue weighted by Crippen LogP contribution is -2.31. The number of aryl methyl sites for hydroxylation is 1. The van der Waals surface area contributed by atoms with Gasteiger partial charge in [-0.2, -0.15) is 0 Å². The van der Waals surface area contributed by atoms with Gasteiger partial charge in [0.1, 0.15) is 0 Å². The van der Waals surface area contributed by atoms with Crippen molar-refractivity contribution in [3.05, 3.63) is 59.7 Å². The Bertz CT molecular complexity index is 669. The van der Waals surface area contributed by atoms with Gasteiger partial charge in [0, 0.05) is 19.5 Å². The highest BCUT2D eigenvalue weighted by atomic mass is 16.2. The van der Waals surface area contributed by atoms with Crippen molar-refractivity contribution in [3.8, 4) is 11.1 Å². The van der Waals surface area contributed by atoms with Crippen molar-refractivity contribution in [2.45, 2.75) is 53.0 Å². The van der Waals surface area contributed by atoms with Crippen molar-refractivity contribution in [1.29, 1.82) is 0 Å². The monoisotopic (exact) mass is 337 g/mol. The Labute approximate surface area is 152 Å². The van der Waals surface area contributed by atoms with E-state index >= 15 is 0 Å². The van der Waals surface area contributed by atoms with E-state index in [1.165, 1.54) is 35.1 Å². The normalized spacial score (nSPS) is 13.9. The van der Waals surface area contributed by atoms with Crippen LogP contribution in [0.2, 0.25) is 0 Å². The smallest absolute Gasteiger partial charge is 0.225 e. The quantitative estimate of drug-likeness (QED) is 0.686. The Morgan fingerprint density at radius 3 is 2.20 bits per heavy atom. The van der Waals surface area contributed by atoms with Gasteiger partial charge in [-0.1, -0.05) is 75.2 Å². The van der Waals surface area contributed by atoms with Crippen molar-refractivity contribution in [3.63, 3.8) is 0 Å². The second kappa shape index (κ2) is 9.41. The first-order valence-electron chi connectivity index (χ1n) is 9.55. The summed E-state index contributed by atoms with van der Waals surface area (Å²) in [6.07, 6.45) is 4.54. The highest BCUT2D eigenvalue weighted by Crippen LogP contribution is 2.27. The third-order valence-corrected chi connectivity index (χ3v) is 4.91. The van der Waals surface area contributed by atoms with Gasteiger partial charge < -0.3 is 4.90 Å². The molecule has 1 fully saturated rings. The van der Waals surface area contributed by atoms with Gasteiger partial charge in [0.25, 0.3) is 0 Å².